The van der Waals surface area contributed by atoms with E-state index >= 15 is 0 Å². The number of aryl methyl sites for hydroxylation is 2. The van der Waals surface area contributed by atoms with Crippen LogP contribution < -0.4 is 10.9 Å². The van der Waals surface area contributed by atoms with Gasteiger partial charge in [-0.15, -0.1) is 0 Å². The number of carbonyl (C=O) groups is 1. The third kappa shape index (κ3) is 3.57. The van der Waals surface area contributed by atoms with Crippen LogP contribution in [0.5, 0.6) is 0 Å². The molecule has 0 atom stereocenters. The fourth-order valence-electron chi connectivity index (χ4n) is 3.47. The smallest absolute Gasteiger partial charge is 0.264 e. The molecule has 0 aliphatic carbocycles. The quantitative estimate of drug-likeness (QED) is 0.460. The van der Waals surface area contributed by atoms with E-state index in [1.807, 2.05) is 48.5 Å². The number of imidazole rings is 1. The minimum absolute atomic E-state index is 0.151. The largest absolute Gasteiger partial charge is 0.338 e. The Morgan fingerprint density at radius 1 is 1.13 bits per heavy atom. The number of aromatic nitrogens is 6. The molecule has 1 amide bonds. The first-order valence-electron chi connectivity index (χ1n) is 9.81. The van der Waals surface area contributed by atoms with Crippen molar-refractivity contribution in [1.82, 2.24) is 29.3 Å². The second-order valence-corrected chi connectivity index (χ2v) is 7.23. The third-order valence-corrected chi connectivity index (χ3v) is 5.13. The Bertz CT molecular complexity index is 1430. The van der Waals surface area contributed by atoms with Gasteiger partial charge in [0.2, 0.25) is 5.91 Å². The number of carbonyl (C=O) groups excluding carboxylic acids is 1. The molecule has 3 aromatic heterocycles. The van der Waals surface area contributed by atoms with Gasteiger partial charge in [-0.2, -0.15) is 5.10 Å². The fraction of sp³-hybridized carbons (Fsp3) is 0.136. The number of amides is 1. The van der Waals surface area contributed by atoms with Crippen molar-refractivity contribution < 1.29 is 4.79 Å². The molecule has 0 fully saturated rings. The number of hydrogen-bond donors (Lipinski definition) is 2. The predicted octanol–water partition coefficient (Wildman–Crippen LogP) is 2.70. The summed E-state index contributed by atoms with van der Waals surface area (Å²) in [6, 6.07) is 15.3. The van der Waals surface area contributed by atoms with Crippen LogP contribution in [0.3, 0.4) is 0 Å². The molecule has 31 heavy (non-hydrogen) atoms. The minimum Gasteiger partial charge on any atom is -0.338 e. The van der Waals surface area contributed by atoms with Crippen molar-refractivity contribution in [3.05, 3.63) is 71.4 Å². The highest BCUT2D eigenvalue weighted by molar-refractivity contribution is 5.91. The zero-order valence-electron chi connectivity index (χ0n) is 16.7. The summed E-state index contributed by atoms with van der Waals surface area (Å²) in [6.07, 6.45) is 3.09. The van der Waals surface area contributed by atoms with Gasteiger partial charge in [-0.05, 0) is 36.4 Å². The number of nitrogens with zero attached hydrogens (tertiary/aromatic N) is 5. The Kier molecular flexibility index (Phi) is 4.55. The Morgan fingerprint density at radius 2 is 1.94 bits per heavy atom. The SMILES string of the molecule is Cn1ncc2c(=O)n(CCC(=O)Nc3ccc(-c4nc5ccccc5[nH]4)cc3)cnc21. The lowest BCUT2D eigenvalue weighted by Gasteiger charge is -2.07. The van der Waals surface area contributed by atoms with Crippen molar-refractivity contribution in [2.24, 2.45) is 7.05 Å². The maximum Gasteiger partial charge on any atom is 0.264 e. The van der Waals surface area contributed by atoms with Gasteiger partial charge in [0.05, 0.1) is 23.6 Å². The molecule has 0 saturated carbocycles. The molecule has 0 radical (unpaired) electrons. The number of H-pyrrole nitrogens is 1. The highest BCUT2D eigenvalue weighted by Crippen LogP contribution is 2.22. The van der Waals surface area contributed by atoms with Crippen molar-refractivity contribution >= 4 is 33.7 Å². The number of benzene rings is 2. The van der Waals surface area contributed by atoms with Crippen molar-refractivity contribution in [2.75, 3.05) is 5.32 Å². The summed E-state index contributed by atoms with van der Waals surface area (Å²) in [7, 11) is 1.73. The maximum absolute atomic E-state index is 12.5. The van der Waals surface area contributed by atoms with E-state index in [9.17, 15) is 9.59 Å². The summed E-state index contributed by atoms with van der Waals surface area (Å²) in [5.41, 5.74) is 3.80. The summed E-state index contributed by atoms with van der Waals surface area (Å²) in [5.74, 6) is 0.589. The van der Waals surface area contributed by atoms with Gasteiger partial charge in [0.25, 0.3) is 5.56 Å². The van der Waals surface area contributed by atoms with Crippen LogP contribution >= 0.6 is 0 Å². The van der Waals surface area contributed by atoms with Crippen molar-refractivity contribution in [3.8, 4) is 11.4 Å². The Morgan fingerprint density at radius 3 is 2.74 bits per heavy atom. The molecular weight excluding hydrogens is 394 g/mol. The topological polar surface area (TPSA) is 110 Å². The van der Waals surface area contributed by atoms with Crippen LogP contribution in [0.25, 0.3) is 33.5 Å². The van der Waals surface area contributed by atoms with Crippen molar-refractivity contribution in [1.29, 1.82) is 0 Å². The van der Waals surface area contributed by atoms with Gasteiger partial charge < -0.3 is 10.3 Å². The summed E-state index contributed by atoms with van der Waals surface area (Å²) in [4.78, 5) is 36.9. The molecule has 2 N–H and O–H groups in total. The lowest BCUT2D eigenvalue weighted by molar-refractivity contribution is -0.116. The second kappa shape index (κ2) is 7.52. The Hall–Kier alpha value is -4.27. The van der Waals surface area contributed by atoms with E-state index in [0.29, 0.717) is 16.7 Å². The first-order valence-corrected chi connectivity index (χ1v) is 9.81. The number of rotatable bonds is 5. The van der Waals surface area contributed by atoms with Crippen LogP contribution in [0.1, 0.15) is 6.42 Å². The summed E-state index contributed by atoms with van der Waals surface area (Å²) in [5, 5.41) is 7.34. The van der Waals surface area contributed by atoms with Gasteiger partial charge in [-0.1, -0.05) is 12.1 Å². The summed E-state index contributed by atoms with van der Waals surface area (Å²) in [6.45, 7) is 0.236. The summed E-state index contributed by atoms with van der Waals surface area (Å²) < 4.78 is 2.97. The van der Waals surface area contributed by atoms with Crippen molar-refractivity contribution in [3.63, 3.8) is 0 Å². The van der Waals surface area contributed by atoms with E-state index in [0.717, 1.165) is 22.4 Å². The maximum atomic E-state index is 12.5. The van der Waals surface area contributed by atoms with E-state index in [2.05, 4.69) is 25.4 Å². The molecule has 5 aromatic rings. The number of anilines is 1. The fourth-order valence-corrected chi connectivity index (χ4v) is 3.47. The Balaban J connectivity index is 1.24. The number of fused-ring (bicyclic) bond motifs is 2. The van der Waals surface area contributed by atoms with Crippen LogP contribution in [0.2, 0.25) is 0 Å². The average Bonchev–Trinajstić information content (AvgIpc) is 3.38. The third-order valence-electron chi connectivity index (χ3n) is 5.13. The lowest BCUT2D eigenvalue weighted by Crippen LogP contribution is -2.23. The molecule has 9 heteroatoms. The molecule has 0 bridgehead atoms. The zero-order valence-corrected chi connectivity index (χ0v) is 16.7. The molecule has 0 aliphatic heterocycles. The van der Waals surface area contributed by atoms with Gasteiger partial charge >= 0.3 is 0 Å². The molecule has 154 valence electrons. The number of nitrogens with one attached hydrogen (secondary N) is 2. The molecule has 0 unspecified atom stereocenters. The molecule has 0 spiro atoms. The molecule has 3 heterocycles. The van der Waals surface area contributed by atoms with Crippen molar-refractivity contribution in [2.45, 2.75) is 13.0 Å². The van der Waals surface area contributed by atoms with E-state index < -0.39 is 0 Å². The first-order chi connectivity index (χ1) is 15.1. The molecule has 0 saturated heterocycles. The van der Waals surface area contributed by atoms with E-state index in [4.69, 9.17) is 0 Å². The minimum atomic E-state index is -0.207. The molecule has 2 aromatic carbocycles. The van der Waals surface area contributed by atoms with Crippen LogP contribution in [0.4, 0.5) is 5.69 Å². The molecule has 0 aliphatic rings. The average molecular weight is 413 g/mol. The predicted molar refractivity (Wildman–Crippen MR) is 118 cm³/mol. The zero-order chi connectivity index (χ0) is 21.4. The highest BCUT2D eigenvalue weighted by atomic mass is 16.2. The van der Waals surface area contributed by atoms with Crippen LogP contribution in [0, 0.1) is 0 Å². The highest BCUT2D eigenvalue weighted by Gasteiger charge is 2.10. The Labute approximate surface area is 176 Å². The number of hydrogen-bond acceptors (Lipinski definition) is 5. The van der Waals surface area contributed by atoms with Crippen LogP contribution in [0.15, 0.2) is 65.8 Å². The van der Waals surface area contributed by atoms with Gasteiger partial charge in [0, 0.05) is 31.3 Å². The number of para-hydroxylation sites is 2. The van der Waals surface area contributed by atoms with Gasteiger partial charge in [0.1, 0.15) is 11.2 Å². The lowest BCUT2D eigenvalue weighted by atomic mass is 10.2. The van der Waals surface area contributed by atoms with E-state index in [-0.39, 0.29) is 24.4 Å². The normalized spacial score (nSPS) is 11.3. The van der Waals surface area contributed by atoms with Gasteiger partial charge in [-0.25, -0.2) is 9.97 Å². The second-order valence-electron chi connectivity index (χ2n) is 7.23. The van der Waals surface area contributed by atoms with Crippen LogP contribution in [-0.2, 0) is 18.4 Å². The molecular formula is C22H19N7O2. The van der Waals surface area contributed by atoms with Gasteiger partial charge in [-0.3, -0.25) is 18.8 Å². The summed E-state index contributed by atoms with van der Waals surface area (Å²) >= 11 is 0. The molecule has 9 nitrogen and oxygen atoms in total. The molecule has 5 rings (SSSR count). The van der Waals surface area contributed by atoms with Crippen LogP contribution in [-0.4, -0.2) is 35.2 Å². The number of aromatic amines is 1. The van der Waals surface area contributed by atoms with Gasteiger partial charge in [0.15, 0.2) is 5.65 Å². The van der Waals surface area contributed by atoms with E-state index in [1.165, 1.54) is 17.1 Å². The van der Waals surface area contributed by atoms with E-state index in [1.54, 1.807) is 11.7 Å². The monoisotopic (exact) mass is 413 g/mol. The standard InChI is InChI=1S/C22H19N7O2/c1-28-21-16(12-24-28)22(31)29(13-23-21)11-10-19(30)25-15-8-6-14(7-9-15)20-26-17-4-2-3-5-18(17)27-20/h2-9,12-13H,10-11H2,1H3,(H,25,30)(H,26,27). The first kappa shape index (κ1) is 18.7.